The molecule has 0 fully saturated rings. The van der Waals surface area contributed by atoms with Crippen molar-refractivity contribution in [3.05, 3.63) is 65.7 Å². The van der Waals surface area contributed by atoms with E-state index in [1.165, 1.54) is 25.1 Å². The minimum Gasteiger partial charge on any atom is -0.504 e. The lowest BCUT2D eigenvalue weighted by Crippen LogP contribution is -2.27. The topological polar surface area (TPSA) is 95.9 Å². The van der Waals surface area contributed by atoms with Crippen LogP contribution < -0.4 is 5.32 Å². The third kappa shape index (κ3) is 2.69. The summed E-state index contributed by atoms with van der Waals surface area (Å²) < 4.78 is 5.51. The van der Waals surface area contributed by atoms with E-state index in [4.69, 9.17) is 4.74 Å². The zero-order chi connectivity index (χ0) is 17.3. The molecule has 1 amide bonds. The molecular formula is C18H15NO5. The lowest BCUT2D eigenvalue weighted by molar-refractivity contribution is -0.143. The molecule has 0 saturated carbocycles. The van der Waals surface area contributed by atoms with Gasteiger partial charge in [0.25, 0.3) is 0 Å². The van der Waals surface area contributed by atoms with Crippen LogP contribution in [0.2, 0.25) is 0 Å². The quantitative estimate of drug-likeness (QED) is 0.595. The number of aromatic hydroxyl groups is 2. The molecule has 3 rings (SSSR count). The Morgan fingerprint density at radius 1 is 1.04 bits per heavy atom. The normalized spacial score (nSPS) is 19.1. The van der Waals surface area contributed by atoms with Crippen LogP contribution in [-0.2, 0) is 19.9 Å². The highest BCUT2D eigenvalue weighted by atomic mass is 16.6. The van der Waals surface area contributed by atoms with Gasteiger partial charge < -0.3 is 20.3 Å². The molecule has 2 aromatic rings. The Bertz CT molecular complexity index is 841. The molecule has 6 heteroatoms. The summed E-state index contributed by atoms with van der Waals surface area (Å²) in [6.07, 6.45) is 2.90. The average molecular weight is 325 g/mol. The summed E-state index contributed by atoms with van der Waals surface area (Å²) in [6, 6.07) is 11.1. The maximum atomic E-state index is 11.7. The van der Waals surface area contributed by atoms with E-state index < -0.39 is 11.6 Å². The van der Waals surface area contributed by atoms with Crippen molar-refractivity contribution in [2.75, 3.05) is 5.32 Å². The highest BCUT2D eigenvalue weighted by Crippen LogP contribution is 2.41. The van der Waals surface area contributed by atoms with E-state index in [0.29, 0.717) is 16.8 Å². The zero-order valence-corrected chi connectivity index (χ0v) is 12.8. The number of carbonyl (C=O) groups is 2. The number of nitrogens with one attached hydrogen (secondary N) is 1. The second-order valence-electron chi connectivity index (χ2n) is 5.45. The number of carbonyl (C=O) groups excluding carboxylic acids is 2. The first kappa shape index (κ1) is 15.6. The van der Waals surface area contributed by atoms with Gasteiger partial charge in [0.15, 0.2) is 17.1 Å². The van der Waals surface area contributed by atoms with E-state index in [2.05, 4.69) is 5.32 Å². The van der Waals surface area contributed by atoms with E-state index >= 15 is 0 Å². The lowest BCUT2D eigenvalue weighted by atomic mass is 9.86. The zero-order valence-electron chi connectivity index (χ0n) is 12.8. The number of rotatable bonds is 3. The predicted octanol–water partition coefficient (Wildman–Crippen LogP) is 2.41. The second-order valence-corrected chi connectivity index (χ2v) is 5.45. The van der Waals surface area contributed by atoms with Gasteiger partial charge >= 0.3 is 5.97 Å². The van der Waals surface area contributed by atoms with Gasteiger partial charge in [-0.1, -0.05) is 18.2 Å². The number of phenolic OH excluding ortho intramolecular Hbond substituents is 2. The molecular weight excluding hydrogens is 310 g/mol. The largest absolute Gasteiger partial charge is 0.504 e. The van der Waals surface area contributed by atoms with Crippen LogP contribution in [0.5, 0.6) is 11.5 Å². The van der Waals surface area contributed by atoms with Gasteiger partial charge in [-0.3, -0.25) is 4.79 Å². The van der Waals surface area contributed by atoms with Crippen molar-refractivity contribution in [1.29, 1.82) is 0 Å². The summed E-state index contributed by atoms with van der Waals surface area (Å²) in [4.78, 5) is 22.8. The number of ether oxygens (including phenoxy) is 1. The van der Waals surface area contributed by atoms with Crippen LogP contribution in [0, 0.1) is 0 Å². The Balaban J connectivity index is 2.06. The summed E-state index contributed by atoms with van der Waals surface area (Å²) in [5.74, 6) is -1.26. The van der Waals surface area contributed by atoms with Crippen molar-refractivity contribution in [3.63, 3.8) is 0 Å². The monoisotopic (exact) mass is 325 g/mol. The molecule has 0 radical (unpaired) electrons. The first-order valence-corrected chi connectivity index (χ1v) is 7.23. The maximum absolute atomic E-state index is 11.7. The molecule has 2 aromatic carbocycles. The Morgan fingerprint density at radius 2 is 1.71 bits per heavy atom. The standard InChI is InChI=1S/C18H15NO5/c1-11(20)19-14-5-2-12(3-6-14)18(9-8-17(23)24-18)13-4-7-15(21)16(22)10-13/h2-10,21-22H,1H3,(H,19,20). The van der Waals surface area contributed by atoms with Crippen LogP contribution in [-0.4, -0.2) is 22.1 Å². The van der Waals surface area contributed by atoms with Gasteiger partial charge in [-0.15, -0.1) is 0 Å². The van der Waals surface area contributed by atoms with Gasteiger partial charge in [0, 0.05) is 29.8 Å². The number of benzene rings is 2. The second kappa shape index (κ2) is 5.73. The van der Waals surface area contributed by atoms with Crippen LogP contribution in [0.1, 0.15) is 18.1 Å². The van der Waals surface area contributed by atoms with Crippen molar-refractivity contribution >= 4 is 17.6 Å². The summed E-state index contributed by atoms with van der Waals surface area (Å²) in [5.41, 5.74) is 0.552. The van der Waals surface area contributed by atoms with Crippen molar-refractivity contribution in [1.82, 2.24) is 0 Å². The average Bonchev–Trinajstić information content (AvgIpc) is 2.93. The number of phenols is 2. The molecule has 1 aliphatic rings. The predicted molar refractivity (Wildman–Crippen MR) is 86.5 cm³/mol. The van der Waals surface area contributed by atoms with Crippen LogP contribution in [0.15, 0.2) is 54.6 Å². The smallest absolute Gasteiger partial charge is 0.332 e. The lowest BCUT2D eigenvalue weighted by Gasteiger charge is -2.28. The number of amides is 1. The fourth-order valence-corrected chi connectivity index (χ4v) is 2.65. The summed E-state index contributed by atoms with van der Waals surface area (Å²) >= 11 is 0. The molecule has 24 heavy (non-hydrogen) atoms. The molecule has 1 atom stereocenters. The minimum atomic E-state index is -1.20. The summed E-state index contributed by atoms with van der Waals surface area (Å²) in [5, 5.41) is 21.9. The minimum absolute atomic E-state index is 0.187. The fourth-order valence-electron chi connectivity index (χ4n) is 2.65. The van der Waals surface area contributed by atoms with Crippen molar-refractivity contribution in [2.24, 2.45) is 0 Å². The maximum Gasteiger partial charge on any atom is 0.332 e. The van der Waals surface area contributed by atoms with E-state index in [9.17, 15) is 19.8 Å². The highest BCUT2D eigenvalue weighted by molar-refractivity contribution is 5.89. The van der Waals surface area contributed by atoms with Crippen LogP contribution in [0.25, 0.3) is 0 Å². The van der Waals surface area contributed by atoms with Gasteiger partial charge in [0.2, 0.25) is 5.91 Å². The van der Waals surface area contributed by atoms with Gasteiger partial charge in [-0.25, -0.2) is 4.79 Å². The molecule has 6 nitrogen and oxygen atoms in total. The number of cyclic esters (lactones) is 1. The number of esters is 1. The molecule has 1 unspecified atom stereocenters. The molecule has 0 bridgehead atoms. The third-order valence-corrected chi connectivity index (χ3v) is 3.75. The highest BCUT2D eigenvalue weighted by Gasteiger charge is 2.40. The van der Waals surface area contributed by atoms with Gasteiger partial charge in [-0.2, -0.15) is 0 Å². The molecule has 1 aliphatic heterocycles. The summed E-state index contributed by atoms with van der Waals surface area (Å²) in [6.45, 7) is 1.41. The third-order valence-electron chi connectivity index (χ3n) is 3.75. The molecule has 0 spiro atoms. The first-order valence-electron chi connectivity index (χ1n) is 7.23. The molecule has 0 aliphatic carbocycles. The Hall–Kier alpha value is -3.28. The number of anilines is 1. The Kier molecular flexibility index (Phi) is 3.73. The van der Waals surface area contributed by atoms with Crippen molar-refractivity contribution in [3.8, 4) is 11.5 Å². The van der Waals surface area contributed by atoms with E-state index in [0.717, 1.165) is 0 Å². The number of hydrogen-bond donors (Lipinski definition) is 3. The molecule has 122 valence electrons. The van der Waals surface area contributed by atoms with Crippen molar-refractivity contribution in [2.45, 2.75) is 12.5 Å². The molecule has 0 aromatic heterocycles. The van der Waals surface area contributed by atoms with E-state index in [1.54, 1.807) is 36.4 Å². The SMILES string of the molecule is CC(=O)Nc1ccc(C2(c3ccc(O)c(O)c3)C=CC(=O)O2)cc1. The molecule has 0 saturated heterocycles. The van der Waals surface area contributed by atoms with E-state index in [1.807, 2.05) is 0 Å². The fraction of sp³-hybridized carbons (Fsp3) is 0.111. The Morgan fingerprint density at radius 3 is 2.25 bits per heavy atom. The van der Waals surface area contributed by atoms with Crippen LogP contribution >= 0.6 is 0 Å². The van der Waals surface area contributed by atoms with Gasteiger partial charge in [-0.05, 0) is 30.3 Å². The van der Waals surface area contributed by atoms with E-state index in [-0.39, 0.29) is 17.4 Å². The van der Waals surface area contributed by atoms with Gasteiger partial charge in [0.05, 0.1) is 0 Å². The number of hydrogen-bond acceptors (Lipinski definition) is 5. The van der Waals surface area contributed by atoms with Crippen LogP contribution in [0.3, 0.4) is 0 Å². The van der Waals surface area contributed by atoms with Crippen molar-refractivity contribution < 1.29 is 24.5 Å². The first-order chi connectivity index (χ1) is 11.4. The Labute approximate surface area is 138 Å². The summed E-state index contributed by atoms with van der Waals surface area (Å²) in [7, 11) is 0. The molecule has 1 heterocycles. The van der Waals surface area contributed by atoms with Crippen LogP contribution in [0.4, 0.5) is 5.69 Å². The molecule has 3 N–H and O–H groups in total. The van der Waals surface area contributed by atoms with Gasteiger partial charge in [0.1, 0.15) is 0 Å².